The van der Waals surface area contributed by atoms with Gasteiger partial charge in [0.15, 0.2) is 0 Å². The highest BCUT2D eigenvalue weighted by Crippen LogP contribution is 2.38. The Morgan fingerprint density at radius 2 is 1.19 bits per heavy atom. The van der Waals surface area contributed by atoms with Gasteiger partial charge in [0, 0.05) is 11.1 Å². The van der Waals surface area contributed by atoms with Gasteiger partial charge < -0.3 is 18.6 Å². The first-order valence-corrected chi connectivity index (χ1v) is 8.14. The van der Waals surface area contributed by atoms with Crippen LogP contribution in [0.2, 0.25) is 0 Å². The molecule has 0 saturated heterocycles. The maximum atomic E-state index is 12.5. The summed E-state index contributed by atoms with van der Waals surface area (Å²) < 4.78 is 20.9. The van der Waals surface area contributed by atoms with E-state index in [0.717, 1.165) is 0 Å². The molecule has 3 rings (SSSR count). The largest absolute Gasteiger partial charge is 0.497 e. The van der Waals surface area contributed by atoms with Gasteiger partial charge in [-0.05, 0) is 24.3 Å². The van der Waals surface area contributed by atoms with Crippen molar-refractivity contribution in [1.29, 1.82) is 0 Å². The number of ether oxygens (including phenoxy) is 3. The molecule has 0 fully saturated rings. The van der Waals surface area contributed by atoms with Crippen molar-refractivity contribution in [3.05, 3.63) is 65.7 Å². The Morgan fingerprint density at radius 1 is 0.704 bits per heavy atom. The summed E-state index contributed by atoms with van der Waals surface area (Å²) >= 11 is 0. The number of hydrogen-bond donors (Lipinski definition) is 0. The van der Waals surface area contributed by atoms with Crippen molar-refractivity contribution < 1.29 is 28.2 Å². The van der Waals surface area contributed by atoms with Crippen LogP contribution >= 0.6 is 0 Å². The van der Waals surface area contributed by atoms with Crippen LogP contribution in [0.25, 0.3) is 22.6 Å². The van der Waals surface area contributed by atoms with Crippen molar-refractivity contribution in [2.75, 3.05) is 21.3 Å². The molecule has 3 aromatic rings. The summed E-state index contributed by atoms with van der Waals surface area (Å²) in [6, 6.07) is 16.0. The van der Waals surface area contributed by atoms with Gasteiger partial charge in [-0.1, -0.05) is 30.3 Å². The first-order chi connectivity index (χ1) is 13.1. The van der Waals surface area contributed by atoms with Crippen LogP contribution in [0.1, 0.15) is 20.7 Å². The lowest BCUT2D eigenvalue weighted by atomic mass is 10.0. The molecule has 0 unspecified atom stereocenters. The minimum Gasteiger partial charge on any atom is -0.497 e. The zero-order valence-corrected chi connectivity index (χ0v) is 15.1. The average Bonchev–Trinajstić information content (AvgIpc) is 3.14. The van der Waals surface area contributed by atoms with Gasteiger partial charge >= 0.3 is 11.9 Å². The first-order valence-electron chi connectivity index (χ1n) is 8.14. The van der Waals surface area contributed by atoms with E-state index in [1.165, 1.54) is 14.2 Å². The predicted octanol–water partition coefficient (Wildman–Crippen LogP) is 4.20. The molecule has 0 atom stereocenters. The topological polar surface area (TPSA) is 75.0 Å². The smallest absolute Gasteiger partial charge is 0.342 e. The van der Waals surface area contributed by atoms with Crippen LogP contribution in [-0.2, 0) is 9.47 Å². The molecule has 0 radical (unpaired) electrons. The predicted molar refractivity (Wildman–Crippen MR) is 98.8 cm³/mol. The van der Waals surface area contributed by atoms with Crippen molar-refractivity contribution >= 4 is 11.9 Å². The van der Waals surface area contributed by atoms with Gasteiger partial charge in [-0.25, -0.2) is 9.59 Å². The van der Waals surface area contributed by atoms with E-state index in [4.69, 9.17) is 18.6 Å². The van der Waals surface area contributed by atoms with Crippen molar-refractivity contribution in [3.8, 4) is 28.4 Å². The van der Waals surface area contributed by atoms with Gasteiger partial charge in [0.1, 0.15) is 28.4 Å². The van der Waals surface area contributed by atoms with Crippen LogP contribution in [0.4, 0.5) is 0 Å². The lowest BCUT2D eigenvalue weighted by Gasteiger charge is -2.05. The minimum absolute atomic E-state index is 0.0216. The molecule has 138 valence electrons. The van der Waals surface area contributed by atoms with Gasteiger partial charge in [0.05, 0.1) is 21.3 Å². The Kier molecular flexibility index (Phi) is 5.26. The Hall–Kier alpha value is -3.54. The fourth-order valence-electron chi connectivity index (χ4n) is 2.76. The number of hydrogen-bond acceptors (Lipinski definition) is 6. The van der Waals surface area contributed by atoms with Gasteiger partial charge in [-0.2, -0.15) is 0 Å². The molecule has 0 amide bonds. The number of carbonyl (C=O) groups is 2. The summed E-state index contributed by atoms with van der Waals surface area (Å²) in [6.07, 6.45) is 0. The van der Waals surface area contributed by atoms with E-state index < -0.39 is 11.9 Å². The van der Waals surface area contributed by atoms with Gasteiger partial charge in [0.2, 0.25) is 0 Å². The van der Waals surface area contributed by atoms with E-state index in [1.807, 2.05) is 18.2 Å². The highest BCUT2D eigenvalue weighted by molar-refractivity contribution is 6.10. The zero-order chi connectivity index (χ0) is 19.4. The Morgan fingerprint density at radius 3 is 1.63 bits per heavy atom. The van der Waals surface area contributed by atoms with Crippen LogP contribution in [0.3, 0.4) is 0 Å². The van der Waals surface area contributed by atoms with Crippen molar-refractivity contribution in [3.63, 3.8) is 0 Å². The normalized spacial score (nSPS) is 10.3. The Labute approximate surface area is 156 Å². The van der Waals surface area contributed by atoms with E-state index in [1.54, 1.807) is 43.5 Å². The Bertz CT molecular complexity index is 954. The van der Waals surface area contributed by atoms with E-state index in [-0.39, 0.29) is 22.6 Å². The minimum atomic E-state index is -0.688. The molecule has 6 nitrogen and oxygen atoms in total. The van der Waals surface area contributed by atoms with E-state index in [0.29, 0.717) is 16.9 Å². The van der Waals surface area contributed by atoms with Crippen LogP contribution in [0.15, 0.2) is 59.0 Å². The van der Waals surface area contributed by atoms with Crippen LogP contribution in [-0.4, -0.2) is 33.3 Å². The number of methoxy groups -OCH3 is 3. The molecule has 1 aromatic heterocycles. The number of esters is 2. The summed E-state index contributed by atoms with van der Waals surface area (Å²) in [5.41, 5.74) is 1.29. The third kappa shape index (κ3) is 3.42. The maximum Gasteiger partial charge on any atom is 0.342 e. The molecule has 0 N–H and O–H groups in total. The molecule has 0 saturated carbocycles. The summed E-state index contributed by atoms with van der Waals surface area (Å²) in [5.74, 6) is -0.247. The zero-order valence-electron chi connectivity index (χ0n) is 15.1. The summed E-state index contributed by atoms with van der Waals surface area (Å²) in [7, 11) is 4.05. The van der Waals surface area contributed by atoms with Gasteiger partial charge in [0.25, 0.3) is 0 Å². The number of rotatable bonds is 5. The SMILES string of the molecule is COC(=O)c1c(-c2ccccc2)oc(-c2ccc(OC)cc2)c1C(=O)OC. The lowest BCUT2D eigenvalue weighted by molar-refractivity contribution is 0.0558. The van der Waals surface area contributed by atoms with Gasteiger partial charge in [-0.3, -0.25) is 0 Å². The van der Waals surface area contributed by atoms with E-state index in [9.17, 15) is 9.59 Å². The summed E-state index contributed by atoms with van der Waals surface area (Å²) in [4.78, 5) is 25.0. The standard InChI is InChI=1S/C21H18O6/c1-24-15-11-9-14(10-12-15)19-17(21(23)26-3)16(20(22)25-2)18(27-19)13-7-5-4-6-8-13/h4-12H,1-3H3. The maximum absolute atomic E-state index is 12.5. The average molecular weight is 366 g/mol. The molecule has 6 heteroatoms. The second-order valence-electron chi connectivity index (χ2n) is 5.59. The van der Waals surface area contributed by atoms with E-state index in [2.05, 4.69) is 0 Å². The number of carbonyl (C=O) groups excluding carboxylic acids is 2. The lowest BCUT2D eigenvalue weighted by Crippen LogP contribution is -2.11. The quantitative estimate of drug-likeness (QED) is 0.630. The molecule has 0 aliphatic rings. The fourth-order valence-corrected chi connectivity index (χ4v) is 2.76. The van der Waals surface area contributed by atoms with Crippen LogP contribution in [0, 0.1) is 0 Å². The van der Waals surface area contributed by atoms with Crippen molar-refractivity contribution in [2.45, 2.75) is 0 Å². The monoisotopic (exact) mass is 366 g/mol. The summed E-state index contributed by atoms with van der Waals surface area (Å²) in [6.45, 7) is 0. The highest BCUT2D eigenvalue weighted by Gasteiger charge is 2.32. The van der Waals surface area contributed by atoms with E-state index >= 15 is 0 Å². The van der Waals surface area contributed by atoms with Crippen molar-refractivity contribution in [2.24, 2.45) is 0 Å². The first kappa shape index (κ1) is 18.3. The fraction of sp³-hybridized carbons (Fsp3) is 0.143. The molecule has 1 heterocycles. The van der Waals surface area contributed by atoms with Gasteiger partial charge in [-0.15, -0.1) is 0 Å². The third-order valence-corrected chi connectivity index (χ3v) is 4.08. The molecule has 2 aromatic carbocycles. The molecule has 0 bridgehead atoms. The second kappa shape index (κ2) is 7.78. The van der Waals surface area contributed by atoms with Crippen LogP contribution < -0.4 is 4.74 Å². The highest BCUT2D eigenvalue weighted by atomic mass is 16.5. The number of furan rings is 1. The molecule has 0 spiro atoms. The molecular formula is C21H18O6. The Balaban J connectivity index is 2.30. The second-order valence-corrected chi connectivity index (χ2v) is 5.59. The molecular weight excluding hydrogens is 348 g/mol. The summed E-state index contributed by atoms with van der Waals surface area (Å²) in [5, 5.41) is 0. The molecule has 27 heavy (non-hydrogen) atoms. The number of benzene rings is 2. The molecule has 0 aliphatic heterocycles. The van der Waals surface area contributed by atoms with Crippen molar-refractivity contribution in [1.82, 2.24) is 0 Å². The third-order valence-electron chi connectivity index (χ3n) is 4.08. The van der Waals surface area contributed by atoms with Crippen LogP contribution in [0.5, 0.6) is 5.75 Å². The molecule has 0 aliphatic carbocycles.